The first-order valence-corrected chi connectivity index (χ1v) is 7.53. The first-order chi connectivity index (χ1) is 9.15. The second kappa shape index (κ2) is 7.06. The van der Waals surface area contributed by atoms with Crippen LogP contribution < -0.4 is 5.32 Å². The van der Waals surface area contributed by atoms with Crippen LogP contribution in [0.3, 0.4) is 0 Å². The van der Waals surface area contributed by atoms with E-state index in [-0.39, 0.29) is 5.91 Å². The molecule has 2 N–H and O–H groups in total. The van der Waals surface area contributed by atoms with E-state index in [4.69, 9.17) is 0 Å². The molecule has 1 heterocycles. The second-order valence-corrected chi connectivity index (χ2v) is 5.97. The summed E-state index contributed by atoms with van der Waals surface area (Å²) in [6, 6.07) is 0. The van der Waals surface area contributed by atoms with Crippen molar-refractivity contribution in [1.82, 2.24) is 10.2 Å². The number of amides is 1. The van der Waals surface area contributed by atoms with Crippen molar-refractivity contribution in [2.45, 2.75) is 45.1 Å². The molecule has 1 aliphatic heterocycles. The third-order valence-corrected chi connectivity index (χ3v) is 4.18. The normalized spacial score (nSPS) is 23.2. The molecule has 1 fully saturated rings. The standard InChI is InChI=1S/C15H26N2O2/c1-12-6-8-17(9-7-12)11-14(18)10-16-15(19)13-4-2-3-5-13/h4,12,14,18H,2-3,5-11H2,1H3,(H,16,19). The molecule has 2 aliphatic rings. The summed E-state index contributed by atoms with van der Waals surface area (Å²) in [4.78, 5) is 14.1. The molecular weight excluding hydrogens is 240 g/mol. The number of carbonyl (C=O) groups excluding carboxylic acids is 1. The van der Waals surface area contributed by atoms with Crippen molar-refractivity contribution >= 4 is 5.91 Å². The van der Waals surface area contributed by atoms with Crippen LogP contribution in [-0.4, -0.2) is 48.2 Å². The van der Waals surface area contributed by atoms with Gasteiger partial charge in [0.2, 0.25) is 5.91 Å². The summed E-state index contributed by atoms with van der Waals surface area (Å²) < 4.78 is 0. The molecular formula is C15H26N2O2. The van der Waals surface area contributed by atoms with Crippen molar-refractivity contribution in [2.24, 2.45) is 5.92 Å². The van der Waals surface area contributed by atoms with Gasteiger partial charge in [-0.1, -0.05) is 13.0 Å². The molecule has 0 aromatic rings. The van der Waals surface area contributed by atoms with Crippen LogP contribution in [0, 0.1) is 5.92 Å². The first kappa shape index (κ1) is 14.5. The molecule has 0 aromatic carbocycles. The van der Waals surface area contributed by atoms with Gasteiger partial charge in [0.05, 0.1) is 6.10 Å². The Balaban J connectivity index is 1.64. The number of hydrogen-bond donors (Lipinski definition) is 2. The van der Waals surface area contributed by atoms with Crippen LogP contribution in [0.15, 0.2) is 11.6 Å². The lowest BCUT2D eigenvalue weighted by molar-refractivity contribution is -0.118. The number of likely N-dealkylation sites (tertiary alicyclic amines) is 1. The number of hydrogen-bond acceptors (Lipinski definition) is 3. The summed E-state index contributed by atoms with van der Waals surface area (Å²) >= 11 is 0. The van der Waals surface area contributed by atoms with Gasteiger partial charge in [-0.2, -0.15) is 0 Å². The Morgan fingerprint density at radius 1 is 1.53 bits per heavy atom. The van der Waals surface area contributed by atoms with Gasteiger partial charge in [-0.15, -0.1) is 0 Å². The van der Waals surface area contributed by atoms with E-state index >= 15 is 0 Å². The number of allylic oxidation sites excluding steroid dienone is 1. The van der Waals surface area contributed by atoms with E-state index in [1.165, 1.54) is 12.8 Å². The van der Waals surface area contributed by atoms with E-state index < -0.39 is 6.10 Å². The zero-order valence-corrected chi connectivity index (χ0v) is 11.9. The average molecular weight is 266 g/mol. The molecule has 1 saturated heterocycles. The minimum absolute atomic E-state index is 0.00353. The van der Waals surface area contributed by atoms with Crippen molar-refractivity contribution in [3.8, 4) is 0 Å². The van der Waals surface area contributed by atoms with Gasteiger partial charge >= 0.3 is 0 Å². The molecule has 1 amide bonds. The zero-order valence-electron chi connectivity index (χ0n) is 11.9. The molecule has 0 spiro atoms. The average Bonchev–Trinajstić information content (AvgIpc) is 2.93. The van der Waals surface area contributed by atoms with Crippen LogP contribution in [0.2, 0.25) is 0 Å². The summed E-state index contributed by atoms with van der Waals surface area (Å²) in [5, 5.41) is 12.8. The smallest absolute Gasteiger partial charge is 0.246 e. The monoisotopic (exact) mass is 266 g/mol. The summed E-state index contributed by atoms with van der Waals surface area (Å²) in [5.74, 6) is 0.811. The number of aliphatic hydroxyl groups is 1. The zero-order chi connectivity index (χ0) is 13.7. The van der Waals surface area contributed by atoms with Gasteiger partial charge in [0, 0.05) is 18.7 Å². The van der Waals surface area contributed by atoms with Crippen LogP contribution in [-0.2, 0) is 4.79 Å². The Morgan fingerprint density at radius 2 is 2.26 bits per heavy atom. The number of nitrogens with zero attached hydrogens (tertiary/aromatic N) is 1. The van der Waals surface area contributed by atoms with Gasteiger partial charge in [0.25, 0.3) is 0 Å². The summed E-state index contributed by atoms with van der Waals surface area (Å²) in [7, 11) is 0. The highest BCUT2D eigenvalue weighted by atomic mass is 16.3. The van der Waals surface area contributed by atoms with E-state index in [1.807, 2.05) is 6.08 Å². The fraction of sp³-hybridized carbons (Fsp3) is 0.800. The fourth-order valence-corrected chi connectivity index (χ4v) is 2.81. The molecule has 0 radical (unpaired) electrons. The van der Waals surface area contributed by atoms with Gasteiger partial charge in [0.15, 0.2) is 0 Å². The Kier molecular flexibility index (Phi) is 5.40. The Bertz CT molecular complexity index is 333. The predicted octanol–water partition coefficient (Wildman–Crippen LogP) is 1.31. The number of piperidine rings is 1. The van der Waals surface area contributed by atoms with E-state index in [9.17, 15) is 9.90 Å². The first-order valence-electron chi connectivity index (χ1n) is 7.53. The highest BCUT2D eigenvalue weighted by molar-refractivity contribution is 5.93. The third kappa shape index (κ3) is 4.62. The van der Waals surface area contributed by atoms with Gasteiger partial charge in [0.1, 0.15) is 0 Å². The van der Waals surface area contributed by atoms with Crippen LogP contribution in [0.1, 0.15) is 39.0 Å². The van der Waals surface area contributed by atoms with Gasteiger partial charge < -0.3 is 15.3 Å². The third-order valence-electron chi connectivity index (χ3n) is 4.18. The van der Waals surface area contributed by atoms with E-state index in [1.54, 1.807) is 0 Å². The van der Waals surface area contributed by atoms with E-state index in [0.29, 0.717) is 13.1 Å². The van der Waals surface area contributed by atoms with Crippen molar-refractivity contribution in [1.29, 1.82) is 0 Å². The maximum absolute atomic E-state index is 11.8. The van der Waals surface area contributed by atoms with Gasteiger partial charge in [-0.25, -0.2) is 0 Å². The fourth-order valence-electron chi connectivity index (χ4n) is 2.81. The second-order valence-electron chi connectivity index (χ2n) is 5.97. The molecule has 1 aliphatic carbocycles. The lowest BCUT2D eigenvalue weighted by Crippen LogP contribution is -2.43. The molecule has 0 saturated carbocycles. The van der Waals surface area contributed by atoms with Crippen LogP contribution in [0.4, 0.5) is 0 Å². The van der Waals surface area contributed by atoms with Crippen LogP contribution in [0.5, 0.6) is 0 Å². The van der Waals surface area contributed by atoms with Gasteiger partial charge in [-0.05, 0) is 51.1 Å². The molecule has 108 valence electrons. The maximum atomic E-state index is 11.8. The van der Waals surface area contributed by atoms with Crippen molar-refractivity contribution in [3.05, 3.63) is 11.6 Å². The predicted molar refractivity (Wildman–Crippen MR) is 75.8 cm³/mol. The Morgan fingerprint density at radius 3 is 2.89 bits per heavy atom. The molecule has 4 heteroatoms. The van der Waals surface area contributed by atoms with E-state index in [2.05, 4.69) is 17.1 Å². The van der Waals surface area contributed by atoms with Crippen molar-refractivity contribution in [3.63, 3.8) is 0 Å². The SMILES string of the molecule is CC1CCN(CC(O)CNC(=O)C2=CCCC2)CC1. The number of nitrogens with one attached hydrogen (secondary N) is 1. The minimum Gasteiger partial charge on any atom is -0.390 e. The summed E-state index contributed by atoms with van der Waals surface area (Å²) in [6.45, 7) is 5.45. The summed E-state index contributed by atoms with van der Waals surface area (Å²) in [5.41, 5.74) is 0.888. The maximum Gasteiger partial charge on any atom is 0.246 e. The molecule has 0 bridgehead atoms. The molecule has 2 rings (SSSR count). The summed E-state index contributed by atoms with van der Waals surface area (Å²) in [6.07, 6.45) is 6.95. The largest absolute Gasteiger partial charge is 0.390 e. The molecule has 0 aromatic heterocycles. The highest BCUT2D eigenvalue weighted by Crippen LogP contribution is 2.17. The topological polar surface area (TPSA) is 52.6 Å². The Hall–Kier alpha value is -0.870. The lowest BCUT2D eigenvalue weighted by Gasteiger charge is -2.31. The minimum atomic E-state index is -0.459. The van der Waals surface area contributed by atoms with Gasteiger partial charge in [-0.3, -0.25) is 4.79 Å². The quantitative estimate of drug-likeness (QED) is 0.789. The highest BCUT2D eigenvalue weighted by Gasteiger charge is 2.19. The number of aliphatic hydroxyl groups excluding tert-OH is 1. The van der Waals surface area contributed by atoms with Crippen molar-refractivity contribution in [2.75, 3.05) is 26.2 Å². The molecule has 1 atom stereocenters. The molecule has 19 heavy (non-hydrogen) atoms. The van der Waals surface area contributed by atoms with Crippen LogP contribution in [0.25, 0.3) is 0 Å². The van der Waals surface area contributed by atoms with E-state index in [0.717, 1.165) is 43.8 Å². The molecule has 4 nitrogen and oxygen atoms in total. The molecule has 1 unspecified atom stereocenters. The number of rotatable bonds is 5. The van der Waals surface area contributed by atoms with Crippen molar-refractivity contribution < 1.29 is 9.90 Å². The van der Waals surface area contributed by atoms with Crippen LogP contribution >= 0.6 is 0 Å². The Labute approximate surface area is 115 Å². The number of carbonyl (C=O) groups is 1. The lowest BCUT2D eigenvalue weighted by atomic mass is 9.99. The number of β-amino-alcohol motifs (C(OH)–C–C–N with tert-alkyl or cyclic N) is 1.